The number of amides is 1. The minimum Gasteiger partial charge on any atom is -0.481 e. The van der Waals surface area contributed by atoms with Crippen molar-refractivity contribution in [3.63, 3.8) is 0 Å². The number of hydrogen-bond donors (Lipinski definition) is 2. The number of aryl methyl sites for hydroxylation is 1. The monoisotopic (exact) mass is 377 g/mol. The van der Waals surface area contributed by atoms with E-state index in [1.807, 2.05) is 0 Å². The number of carbonyl (C=O) groups excluding carboxylic acids is 1. The second kappa shape index (κ2) is 6.78. The van der Waals surface area contributed by atoms with Gasteiger partial charge in [0.25, 0.3) is 5.91 Å². The Balaban J connectivity index is 2.02. The highest BCUT2D eigenvalue weighted by Crippen LogP contribution is 2.33. The quantitative estimate of drug-likeness (QED) is 0.675. The highest BCUT2D eigenvalue weighted by molar-refractivity contribution is 6.40. The Kier molecular flexibility index (Phi) is 4.70. The van der Waals surface area contributed by atoms with Crippen LogP contribution in [0.3, 0.4) is 0 Å². The Morgan fingerprint density at radius 1 is 1.12 bits per heavy atom. The van der Waals surface area contributed by atoms with Crippen LogP contribution in [-0.2, 0) is 11.2 Å². The van der Waals surface area contributed by atoms with Crippen LogP contribution in [0.2, 0.25) is 10.0 Å². The van der Waals surface area contributed by atoms with E-state index >= 15 is 0 Å². The third-order valence-corrected chi connectivity index (χ3v) is 4.42. The van der Waals surface area contributed by atoms with Crippen molar-refractivity contribution in [1.29, 1.82) is 0 Å². The lowest BCUT2D eigenvalue weighted by atomic mass is 10.1. The average Bonchev–Trinajstić information content (AvgIpc) is 2.84. The third-order valence-electron chi connectivity index (χ3n) is 3.79. The summed E-state index contributed by atoms with van der Waals surface area (Å²) >= 11 is 12.1. The number of nitrogens with one attached hydrogen (secondary N) is 1. The Morgan fingerprint density at radius 2 is 1.76 bits per heavy atom. The molecule has 3 aromatic rings. The van der Waals surface area contributed by atoms with Gasteiger partial charge >= 0.3 is 5.97 Å². The Morgan fingerprint density at radius 3 is 2.40 bits per heavy atom. The summed E-state index contributed by atoms with van der Waals surface area (Å²) < 4.78 is 5.68. The number of benzene rings is 2. The van der Waals surface area contributed by atoms with Gasteiger partial charge in [-0.1, -0.05) is 41.4 Å². The maximum atomic E-state index is 12.6. The molecule has 2 aromatic carbocycles. The molecule has 1 aromatic heterocycles. The molecule has 0 saturated carbocycles. The minimum absolute atomic E-state index is 0.160. The number of aliphatic carboxylic acids is 1. The fraction of sp³-hybridized carbons (Fsp3) is 0.111. The van der Waals surface area contributed by atoms with E-state index in [2.05, 4.69) is 5.32 Å². The standard InChI is InChI=1S/C18H13Cl2NO4/c1-9-11(8-15(22)23)10-4-2-7-14(17(10)25-9)21-18(24)16-12(19)5-3-6-13(16)20/h2-7H,8H2,1H3,(H,21,24)(H,22,23). The van der Waals surface area contributed by atoms with Crippen LogP contribution in [0.1, 0.15) is 21.7 Å². The molecule has 0 aliphatic heterocycles. The number of rotatable bonds is 4. The fourth-order valence-electron chi connectivity index (χ4n) is 2.66. The highest BCUT2D eigenvalue weighted by Gasteiger charge is 2.19. The minimum atomic E-state index is -0.955. The molecule has 25 heavy (non-hydrogen) atoms. The van der Waals surface area contributed by atoms with E-state index in [9.17, 15) is 9.59 Å². The SMILES string of the molecule is Cc1oc2c(NC(=O)c3c(Cl)cccc3Cl)cccc2c1CC(=O)O. The highest BCUT2D eigenvalue weighted by atomic mass is 35.5. The van der Waals surface area contributed by atoms with Crippen molar-refractivity contribution in [3.05, 3.63) is 63.3 Å². The zero-order valence-electron chi connectivity index (χ0n) is 13.1. The van der Waals surface area contributed by atoms with Crippen LogP contribution in [-0.4, -0.2) is 17.0 Å². The second-order valence-electron chi connectivity index (χ2n) is 5.44. The molecule has 0 atom stereocenters. The normalized spacial score (nSPS) is 10.8. The van der Waals surface area contributed by atoms with Crippen LogP contribution in [0.5, 0.6) is 0 Å². The summed E-state index contributed by atoms with van der Waals surface area (Å²) in [7, 11) is 0. The maximum absolute atomic E-state index is 12.6. The van der Waals surface area contributed by atoms with E-state index in [1.54, 1.807) is 43.3 Å². The van der Waals surface area contributed by atoms with Gasteiger partial charge in [0, 0.05) is 10.9 Å². The molecular formula is C18H13Cl2NO4. The van der Waals surface area contributed by atoms with Crippen LogP contribution in [0, 0.1) is 6.92 Å². The van der Waals surface area contributed by atoms with Gasteiger partial charge in [-0.05, 0) is 25.1 Å². The molecule has 2 N–H and O–H groups in total. The molecule has 0 unspecified atom stereocenters. The van der Waals surface area contributed by atoms with Gasteiger partial charge < -0.3 is 14.8 Å². The molecule has 0 fully saturated rings. The number of anilines is 1. The molecule has 0 aliphatic carbocycles. The van der Waals surface area contributed by atoms with Crippen LogP contribution in [0.4, 0.5) is 5.69 Å². The molecule has 0 aliphatic rings. The number of carboxylic acids is 1. The second-order valence-corrected chi connectivity index (χ2v) is 6.25. The summed E-state index contributed by atoms with van der Waals surface area (Å²) in [5.74, 6) is -0.935. The van der Waals surface area contributed by atoms with Gasteiger partial charge in [-0.25, -0.2) is 0 Å². The molecule has 3 rings (SSSR count). The van der Waals surface area contributed by atoms with Gasteiger partial charge in [-0.15, -0.1) is 0 Å². The molecule has 1 amide bonds. The summed E-state index contributed by atoms with van der Waals surface area (Å²) in [6, 6.07) is 9.93. The molecule has 5 nitrogen and oxygen atoms in total. The van der Waals surface area contributed by atoms with Crippen LogP contribution in [0.15, 0.2) is 40.8 Å². The van der Waals surface area contributed by atoms with E-state index in [1.165, 1.54) is 0 Å². The van der Waals surface area contributed by atoms with E-state index in [-0.39, 0.29) is 22.0 Å². The summed E-state index contributed by atoms with van der Waals surface area (Å²) in [5.41, 5.74) is 1.57. The van der Waals surface area contributed by atoms with E-state index in [0.29, 0.717) is 28.0 Å². The van der Waals surface area contributed by atoms with Crippen LogP contribution < -0.4 is 5.32 Å². The van der Waals surface area contributed by atoms with Crippen molar-refractivity contribution in [3.8, 4) is 0 Å². The molecule has 0 radical (unpaired) electrons. The summed E-state index contributed by atoms with van der Waals surface area (Å²) in [6.07, 6.45) is -0.160. The number of carboxylic acid groups (broad SMARTS) is 1. The Bertz CT molecular complexity index is 974. The lowest BCUT2D eigenvalue weighted by Gasteiger charge is -2.09. The fourth-order valence-corrected chi connectivity index (χ4v) is 3.23. The smallest absolute Gasteiger partial charge is 0.307 e. The predicted molar refractivity (Wildman–Crippen MR) is 96.7 cm³/mol. The summed E-state index contributed by atoms with van der Waals surface area (Å²) in [5, 5.41) is 12.9. The first-order valence-electron chi connectivity index (χ1n) is 7.36. The number of fused-ring (bicyclic) bond motifs is 1. The van der Waals surface area contributed by atoms with Gasteiger partial charge in [0.15, 0.2) is 5.58 Å². The van der Waals surface area contributed by atoms with Gasteiger partial charge in [-0.2, -0.15) is 0 Å². The van der Waals surface area contributed by atoms with Crippen LogP contribution in [0.25, 0.3) is 11.0 Å². The molecule has 128 valence electrons. The summed E-state index contributed by atoms with van der Waals surface area (Å²) in [4.78, 5) is 23.6. The predicted octanol–water partition coefficient (Wildman–Crippen LogP) is 4.93. The van der Waals surface area contributed by atoms with E-state index < -0.39 is 11.9 Å². The molecule has 7 heteroatoms. The van der Waals surface area contributed by atoms with Crippen molar-refractivity contribution in [2.75, 3.05) is 5.32 Å². The van der Waals surface area contributed by atoms with Crippen molar-refractivity contribution < 1.29 is 19.1 Å². The van der Waals surface area contributed by atoms with Crippen molar-refractivity contribution in [1.82, 2.24) is 0 Å². The van der Waals surface area contributed by atoms with Gasteiger partial charge in [0.2, 0.25) is 0 Å². The first kappa shape index (κ1) is 17.3. The Hall–Kier alpha value is -2.50. The number of furan rings is 1. The number of halogens is 2. The maximum Gasteiger partial charge on any atom is 0.307 e. The average molecular weight is 378 g/mol. The van der Waals surface area contributed by atoms with E-state index in [4.69, 9.17) is 32.7 Å². The molecule has 0 bridgehead atoms. The number of hydrogen-bond acceptors (Lipinski definition) is 3. The van der Waals surface area contributed by atoms with Crippen LogP contribution >= 0.6 is 23.2 Å². The zero-order valence-corrected chi connectivity index (χ0v) is 14.6. The lowest BCUT2D eigenvalue weighted by molar-refractivity contribution is -0.136. The van der Waals surface area contributed by atoms with Crippen molar-refractivity contribution >= 4 is 51.7 Å². The first-order valence-corrected chi connectivity index (χ1v) is 8.12. The molecule has 0 spiro atoms. The van der Waals surface area contributed by atoms with E-state index in [0.717, 1.165) is 0 Å². The lowest BCUT2D eigenvalue weighted by Crippen LogP contribution is -2.13. The van der Waals surface area contributed by atoms with Crippen molar-refractivity contribution in [2.24, 2.45) is 0 Å². The Labute approximate surface area is 153 Å². The van der Waals surface area contributed by atoms with Gasteiger partial charge in [0.05, 0.1) is 27.7 Å². The molecule has 0 saturated heterocycles. The number of carbonyl (C=O) groups is 2. The zero-order chi connectivity index (χ0) is 18.1. The molecular weight excluding hydrogens is 365 g/mol. The summed E-state index contributed by atoms with van der Waals surface area (Å²) in [6.45, 7) is 1.69. The topological polar surface area (TPSA) is 79.5 Å². The largest absolute Gasteiger partial charge is 0.481 e. The molecule has 1 heterocycles. The third kappa shape index (κ3) is 3.34. The van der Waals surface area contributed by atoms with Crippen molar-refractivity contribution in [2.45, 2.75) is 13.3 Å². The van der Waals surface area contributed by atoms with Gasteiger partial charge in [0.1, 0.15) is 5.76 Å². The number of para-hydroxylation sites is 1. The first-order chi connectivity index (χ1) is 11.9. The van der Waals surface area contributed by atoms with Gasteiger partial charge in [-0.3, -0.25) is 9.59 Å².